The summed E-state index contributed by atoms with van der Waals surface area (Å²) in [6, 6.07) is 15.6. The fourth-order valence-corrected chi connectivity index (χ4v) is 4.58. The van der Waals surface area contributed by atoms with Crippen LogP contribution in [-0.2, 0) is 9.59 Å². The van der Waals surface area contributed by atoms with Crippen LogP contribution in [0.2, 0.25) is 0 Å². The highest BCUT2D eigenvalue weighted by molar-refractivity contribution is 6.51. The molecule has 0 aromatic heterocycles. The van der Waals surface area contributed by atoms with Gasteiger partial charge in [0.05, 0.1) is 18.7 Å². The molecule has 1 unspecified atom stereocenters. The summed E-state index contributed by atoms with van der Waals surface area (Å²) in [5.74, 6) is -1.48. The number of hydrogen-bond acceptors (Lipinski definition) is 4. The summed E-state index contributed by atoms with van der Waals surface area (Å²) in [5, 5.41) is 11.5. The Morgan fingerprint density at radius 1 is 1.03 bits per heavy atom. The van der Waals surface area contributed by atoms with Gasteiger partial charge in [-0.25, -0.2) is 4.39 Å². The molecule has 5 nitrogen and oxygen atoms in total. The Kier molecular flexibility index (Phi) is 6.48. The maximum atomic E-state index is 13.6. The van der Waals surface area contributed by atoms with E-state index in [1.54, 1.807) is 7.11 Å². The van der Waals surface area contributed by atoms with Gasteiger partial charge in [-0.2, -0.15) is 0 Å². The van der Waals surface area contributed by atoms with E-state index in [-0.39, 0.29) is 17.3 Å². The first-order chi connectivity index (χ1) is 16.6. The van der Waals surface area contributed by atoms with Crippen molar-refractivity contribution < 1.29 is 23.8 Å². The molecule has 1 atom stereocenters. The van der Waals surface area contributed by atoms with Crippen LogP contribution in [0.4, 0.5) is 10.1 Å². The minimum atomic E-state index is -0.871. The summed E-state index contributed by atoms with van der Waals surface area (Å²) in [7, 11) is 1.59. The minimum absolute atomic E-state index is 0.00658. The van der Waals surface area contributed by atoms with Crippen molar-refractivity contribution in [3.63, 3.8) is 0 Å². The van der Waals surface area contributed by atoms with Gasteiger partial charge in [-0.3, -0.25) is 14.5 Å². The van der Waals surface area contributed by atoms with E-state index < -0.39 is 23.5 Å². The molecule has 1 saturated heterocycles. The normalized spacial score (nSPS) is 17.3. The zero-order chi connectivity index (χ0) is 25.4. The maximum absolute atomic E-state index is 13.6. The minimum Gasteiger partial charge on any atom is -0.507 e. The Hall–Kier alpha value is -3.93. The molecule has 0 radical (unpaired) electrons. The van der Waals surface area contributed by atoms with Crippen molar-refractivity contribution in [3.05, 3.63) is 99.9 Å². The van der Waals surface area contributed by atoms with Crippen molar-refractivity contribution >= 4 is 23.1 Å². The average Bonchev–Trinajstić information content (AvgIpc) is 3.09. The van der Waals surface area contributed by atoms with Crippen LogP contribution in [-0.4, -0.2) is 23.9 Å². The molecule has 3 aromatic rings. The summed E-state index contributed by atoms with van der Waals surface area (Å²) in [4.78, 5) is 28.0. The number of aryl methyl sites for hydroxylation is 2. The van der Waals surface area contributed by atoms with Crippen molar-refractivity contribution in [2.45, 2.75) is 39.7 Å². The highest BCUT2D eigenvalue weighted by Crippen LogP contribution is 2.43. The molecule has 0 saturated carbocycles. The SMILES string of the molecule is COc1cc(C)c(/C(O)=C2\C(=O)C(=O)N(c3ccc(F)cc3)C2c2cccc(C)c2)cc1C(C)C. The van der Waals surface area contributed by atoms with Crippen molar-refractivity contribution in [1.29, 1.82) is 0 Å². The summed E-state index contributed by atoms with van der Waals surface area (Å²) in [6.07, 6.45) is 0. The fraction of sp³-hybridized carbons (Fsp3) is 0.241. The Morgan fingerprint density at radius 2 is 1.71 bits per heavy atom. The number of ketones is 1. The highest BCUT2D eigenvalue weighted by Gasteiger charge is 2.47. The third kappa shape index (κ3) is 4.32. The molecule has 0 aliphatic carbocycles. The topological polar surface area (TPSA) is 66.8 Å². The Labute approximate surface area is 204 Å². The molecule has 1 amide bonds. The first-order valence-corrected chi connectivity index (χ1v) is 11.5. The number of hydrogen-bond donors (Lipinski definition) is 1. The average molecular weight is 474 g/mol. The number of carbonyl (C=O) groups is 2. The first kappa shape index (κ1) is 24.2. The lowest BCUT2D eigenvalue weighted by atomic mass is 9.90. The van der Waals surface area contributed by atoms with Crippen LogP contribution in [0.1, 0.15) is 53.6 Å². The van der Waals surface area contributed by atoms with Crippen LogP contribution in [0.15, 0.2) is 66.2 Å². The fourth-order valence-electron chi connectivity index (χ4n) is 4.58. The monoisotopic (exact) mass is 473 g/mol. The standard InChI is InChI=1S/C29H28FNO4/c1-16(2)22-15-23(18(4)14-24(22)35-5)27(32)25-26(19-8-6-7-17(3)13-19)31(29(34)28(25)33)21-11-9-20(30)10-12-21/h6-16,26,32H,1-5H3/b27-25+. The molecule has 4 rings (SSSR count). The zero-order valence-electron chi connectivity index (χ0n) is 20.4. The Bertz CT molecular complexity index is 1340. The number of halogens is 1. The molecule has 180 valence electrons. The maximum Gasteiger partial charge on any atom is 0.300 e. The summed E-state index contributed by atoms with van der Waals surface area (Å²) >= 11 is 0. The van der Waals surface area contributed by atoms with E-state index in [1.165, 1.54) is 29.2 Å². The second-order valence-electron chi connectivity index (χ2n) is 9.12. The molecule has 35 heavy (non-hydrogen) atoms. The lowest BCUT2D eigenvalue weighted by Crippen LogP contribution is -2.29. The van der Waals surface area contributed by atoms with Crippen LogP contribution >= 0.6 is 0 Å². The highest BCUT2D eigenvalue weighted by atomic mass is 19.1. The van der Waals surface area contributed by atoms with Gasteiger partial charge < -0.3 is 9.84 Å². The lowest BCUT2D eigenvalue weighted by molar-refractivity contribution is -0.132. The van der Waals surface area contributed by atoms with Crippen LogP contribution in [0.3, 0.4) is 0 Å². The third-order valence-electron chi connectivity index (χ3n) is 6.36. The molecular weight excluding hydrogens is 445 g/mol. The predicted molar refractivity (Wildman–Crippen MR) is 134 cm³/mol. The van der Waals surface area contributed by atoms with E-state index in [2.05, 4.69) is 0 Å². The van der Waals surface area contributed by atoms with E-state index in [0.29, 0.717) is 28.1 Å². The lowest BCUT2D eigenvalue weighted by Gasteiger charge is -2.26. The van der Waals surface area contributed by atoms with Crippen molar-refractivity contribution in [2.75, 3.05) is 12.0 Å². The molecule has 1 aliphatic heterocycles. The van der Waals surface area contributed by atoms with E-state index in [0.717, 1.165) is 11.1 Å². The summed E-state index contributed by atoms with van der Waals surface area (Å²) < 4.78 is 19.1. The van der Waals surface area contributed by atoms with E-state index in [9.17, 15) is 19.1 Å². The number of rotatable bonds is 5. The number of ether oxygens (including phenoxy) is 1. The predicted octanol–water partition coefficient (Wildman–Crippen LogP) is 6.20. The molecular formula is C29H28FNO4. The molecule has 1 fully saturated rings. The van der Waals surface area contributed by atoms with Gasteiger partial charge in [-0.1, -0.05) is 43.7 Å². The van der Waals surface area contributed by atoms with Gasteiger partial charge in [0, 0.05) is 11.3 Å². The van der Waals surface area contributed by atoms with Crippen LogP contribution < -0.4 is 9.64 Å². The molecule has 1 heterocycles. The van der Waals surface area contributed by atoms with Crippen LogP contribution in [0, 0.1) is 19.7 Å². The molecule has 1 N–H and O–H groups in total. The summed E-state index contributed by atoms with van der Waals surface area (Å²) in [6.45, 7) is 7.75. The first-order valence-electron chi connectivity index (χ1n) is 11.5. The van der Waals surface area contributed by atoms with Crippen molar-refractivity contribution in [3.8, 4) is 5.75 Å². The quantitative estimate of drug-likeness (QED) is 0.272. The number of anilines is 1. The molecule has 0 bridgehead atoms. The van der Waals surface area contributed by atoms with Crippen molar-refractivity contribution in [1.82, 2.24) is 0 Å². The van der Waals surface area contributed by atoms with Gasteiger partial charge in [0.2, 0.25) is 0 Å². The van der Waals surface area contributed by atoms with Crippen LogP contribution in [0.5, 0.6) is 5.75 Å². The number of aliphatic hydroxyl groups is 1. The van der Waals surface area contributed by atoms with Gasteiger partial charge in [0.15, 0.2) is 0 Å². The number of amides is 1. The number of Topliss-reactive ketones (excluding diaryl/α,β-unsaturated/α-hetero) is 1. The number of methoxy groups -OCH3 is 1. The number of benzene rings is 3. The molecule has 1 aliphatic rings. The van der Waals surface area contributed by atoms with Crippen molar-refractivity contribution in [2.24, 2.45) is 0 Å². The van der Waals surface area contributed by atoms with Gasteiger partial charge >= 0.3 is 0 Å². The third-order valence-corrected chi connectivity index (χ3v) is 6.36. The van der Waals surface area contributed by atoms with Gasteiger partial charge in [-0.05, 0) is 72.9 Å². The second-order valence-corrected chi connectivity index (χ2v) is 9.12. The number of nitrogens with zero attached hydrogens (tertiary/aromatic N) is 1. The van der Waals surface area contributed by atoms with E-state index in [4.69, 9.17) is 4.74 Å². The molecule has 6 heteroatoms. The Balaban J connectivity index is 1.99. The number of carbonyl (C=O) groups excluding carboxylic acids is 2. The van der Waals surface area contributed by atoms with Gasteiger partial charge in [0.1, 0.15) is 17.3 Å². The van der Waals surface area contributed by atoms with Crippen LogP contribution in [0.25, 0.3) is 5.76 Å². The van der Waals surface area contributed by atoms with Gasteiger partial charge in [-0.15, -0.1) is 0 Å². The largest absolute Gasteiger partial charge is 0.507 e. The number of aliphatic hydroxyl groups excluding tert-OH is 1. The van der Waals surface area contributed by atoms with Gasteiger partial charge in [0.25, 0.3) is 11.7 Å². The second kappa shape index (κ2) is 9.37. The Morgan fingerprint density at radius 3 is 2.31 bits per heavy atom. The molecule has 3 aromatic carbocycles. The summed E-state index contributed by atoms with van der Waals surface area (Å²) in [5.41, 5.74) is 4.02. The molecule has 0 spiro atoms. The zero-order valence-corrected chi connectivity index (χ0v) is 20.4. The van der Waals surface area contributed by atoms with E-state index >= 15 is 0 Å². The van der Waals surface area contributed by atoms with E-state index in [1.807, 2.05) is 64.1 Å². The smallest absolute Gasteiger partial charge is 0.300 e.